The molecule has 0 bridgehead atoms. The lowest BCUT2D eigenvalue weighted by Gasteiger charge is -2.23. The third-order valence-electron chi connectivity index (χ3n) is 3.64. The number of carbonyl (C=O) groups is 2. The summed E-state index contributed by atoms with van der Waals surface area (Å²) >= 11 is 0. The summed E-state index contributed by atoms with van der Waals surface area (Å²) < 4.78 is 0. The number of rotatable bonds is 4. The highest BCUT2D eigenvalue weighted by molar-refractivity contribution is 5.96. The first-order chi connectivity index (χ1) is 9.08. The van der Waals surface area contributed by atoms with Gasteiger partial charge in [0.05, 0.1) is 6.54 Å². The van der Waals surface area contributed by atoms with Crippen LogP contribution in [0, 0.1) is 19.8 Å². The number of para-hydroxylation sites is 1. The number of nitrogens with one attached hydrogen (secondary N) is 2. The highest BCUT2D eigenvalue weighted by Crippen LogP contribution is 2.26. The van der Waals surface area contributed by atoms with Gasteiger partial charge in [0.2, 0.25) is 11.8 Å². The molecule has 0 unspecified atom stereocenters. The molecule has 0 spiro atoms. The quantitative estimate of drug-likeness (QED) is 0.871. The number of amides is 2. The third-order valence-corrected chi connectivity index (χ3v) is 3.64. The summed E-state index contributed by atoms with van der Waals surface area (Å²) in [7, 11) is 0. The monoisotopic (exact) mass is 260 g/mol. The van der Waals surface area contributed by atoms with Gasteiger partial charge in [-0.1, -0.05) is 24.6 Å². The first kappa shape index (κ1) is 13.6. The van der Waals surface area contributed by atoms with Crippen molar-refractivity contribution in [3.8, 4) is 0 Å². The van der Waals surface area contributed by atoms with Gasteiger partial charge < -0.3 is 10.6 Å². The predicted molar refractivity (Wildman–Crippen MR) is 74.9 cm³/mol. The van der Waals surface area contributed by atoms with Crippen LogP contribution in [0.5, 0.6) is 0 Å². The molecule has 0 radical (unpaired) electrons. The SMILES string of the molecule is Cc1cccc(C)c1NC(=O)CNC(=O)C1CCC1. The Bertz CT molecular complexity index is 473. The highest BCUT2D eigenvalue weighted by atomic mass is 16.2. The van der Waals surface area contributed by atoms with E-state index in [0.717, 1.165) is 36.1 Å². The number of anilines is 1. The van der Waals surface area contributed by atoms with E-state index in [9.17, 15) is 9.59 Å². The molecule has 0 aliphatic heterocycles. The average molecular weight is 260 g/mol. The Kier molecular flexibility index (Phi) is 4.20. The molecule has 1 fully saturated rings. The van der Waals surface area contributed by atoms with E-state index in [4.69, 9.17) is 0 Å². The van der Waals surface area contributed by atoms with E-state index in [2.05, 4.69) is 10.6 Å². The molecule has 2 N–H and O–H groups in total. The van der Waals surface area contributed by atoms with Gasteiger partial charge in [0.1, 0.15) is 0 Å². The average Bonchev–Trinajstić information content (AvgIpc) is 2.29. The van der Waals surface area contributed by atoms with Gasteiger partial charge in [0.15, 0.2) is 0 Å². The summed E-state index contributed by atoms with van der Waals surface area (Å²) in [5, 5.41) is 5.55. The normalized spacial score (nSPS) is 14.6. The molecule has 4 heteroatoms. The van der Waals surface area contributed by atoms with E-state index < -0.39 is 0 Å². The Morgan fingerprint density at radius 1 is 1.21 bits per heavy atom. The fourth-order valence-corrected chi connectivity index (χ4v) is 2.18. The van der Waals surface area contributed by atoms with Gasteiger partial charge in [-0.3, -0.25) is 9.59 Å². The molecule has 1 aromatic rings. The third kappa shape index (κ3) is 3.34. The van der Waals surface area contributed by atoms with Gasteiger partial charge in [0, 0.05) is 11.6 Å². The van der Waals surface area contributed by atoms with Crippen molar-refractivity contribution in [3.05, 3.63) is 29.3 Å². The standard InChI is InChI=1S/C15H20N2O2/c1-10-5-3-6-11(2)14(10)17-13(18)9-16-15(19)12-7-4-8-12/h3,5-6,12H,4,7-9H2,1-2H3,(H,16,19)(H,17,18). The Morgan fingerprint density at radius 2 is 1.84 bits per heavy atom. The minimum Gasteiger partial charge on any atom is -0.347 e. The molecule has 0 heterocycles. The number of hydrogen-bond donors (Lipinski definition) is 2. The van der Waals surface area contributed by atoms with Crippen LogP contribution < -0.4 is 10.6 Å². The molecular weight excluding hydrogens is 240 g/mol. The lowest BCUT2D eigenvalue weighted by atomic mass is 9.85. The zero-order valence-electron chi connectivity index (χ0n) is 11.5. The smallest absolute Gasteiger partial charge is 0.243 e. The first-order valence-electron chi connectivity index (χ1n) is 6.71. The number of carbonyl (C=O) groups excluding carboxylic acids is 2. The lowest BCUT2D eigenvalue weighted by molar-refractivity contribution is -0.129. The van der Waals surface area contributed by atoms with Crippen molar-refractivity contribution in [2.45, 2.75) is 33.1 Å². The van der Waals surface area contributed by atoms with E-state index in [1.54, 1.807) is 0 Å². The van der Waals surface area contributed by atoms with Gasteiger partial charge in [0.25, 0.3) is 0 Å². The van der Waals surface area contributed by atoms with E-state index in [-0.39, 0.29) is 24.3 Å². The predicted octanol–water partition coefficient (Wildman–Crippen LogP) is 2.16. The van der Waals surface area contributed by atoms with Crippen molar-refractivity contribution in [1.29, 1.82) is 0 Å². The minimum atomic E-state index is -0.176. The summed E-state index contributed by atoms with van der Waals surface area (Å²) in [5.41, 5.74) is 2.89. The van der Waals surface area contributed by atoms with Crippen LogP contribution in [-0.4, -0.2) is 18.4 Å². The second-order valence-corrected chi connectivity index (χ2v) is 5.16. The van der Waals surface area contributed by atoms with Crippen molar-refractivity contribution in [1.82, 2.24) is 5.32 Å². The Hall–Kier alpha value is -1.84. The van der Waals surface area contributed by atoms with E-state index >= 15 is 0 Å². The van der Waals surface area contributed by atoms with Crippen LogP contribution in [0.2, 0.25) is 0 Å². The Labute approximate surface area is 113 Å². The van der Waals surface area contributed by atoms with Crippen LogP contribution >= 0.6 is 0 Å². The highest BCUT2D eigenvalue weighted by Gasteiger charge is 2.25. The second-order valence-electron chi connectivity index (χ2n) is 5.16. The van der Waals surface area contributed by atoms with Crippen molar-refractivity contribution in [2.75, 3.05) is 11.9 Å². The van der Waals surface area contributed by atoms with Crippen LogP contribution in [-0.2, 0) is 9.59 Å². The molecule has 19 heavy (non-hydrogen) atoms. The van der Waals surface area contributed by atoms with Crippen LogP contribution in [0.15, 0.2) is 18.2 Å². The minimum absolute atomic E-state index is 0.00269. The van der Waals surface area contributed by atoms with Gasteiger partial charge >= 0.3 is 0 Å². The fraction of sp³-hybridized carbons (Fsp3) is 0.467. The molecule has 1 aliphatic rings. The molecule has 2 rings (SSSR count). The molecule has 1 aromatic carbocycles. The van der Waals surface area contributed by atoms with Crippen LogP contribution in [0.4, 0.5) is 5.69 Å². The summed E-state index contributed by atoms with van der Waals surface area (Å²) in [6.45, 7) is 3.95. The summed E-state index contributed by atoms with van der Waals surface area (Å²) in [5.74, 6) is -0.0547. The number of aryl methyl sites for hydroxylation is 2. The summed E-state index contributed by atoms with van der Waals surface area (Å²) in [6.07, 6.45) is 3.02. The molecule has 1 saturated carbocycles. The topological polar surface area (TPSA) is 58.2 Å². The van der Waals surface area contributed by atoms with E-state index in [0.29, 0.717) is 0 Å². The molecule has 102 valence electrons. The molecular formula is C15H20N2O2. The largest absolute Gasteiger partial charge is 0.347 e. The maximum atomic E-state index is 11.8. The van der Waals surface area contributed by atoms with Gasteiger partial charge in [-0.15, -0.1) is 0 Å². The number of hydrogen-bond acceptors (Lipinski definition) is 2. The molecule has 0 saturated heterocycles. The molecule has 0 atom stereocenters. The lowest BCUT2D eigenvalue weighted by Crippen LogP contribution is -2.39. The first-order valence-corrected chi connectivity index (χ1v) is 6.71. The van der Waals surface area contributed by atoms with Crippen LogP contribution in [0.1, 0.15) is 30.4 Å². The van der Waals surface area contributed by atoms with Crippen LogP contribution in [0.25, 0.3) is 0 Å². The maximum absolute atomic E-state index is 11.8. The summed E-state index contributed by atoms with van der Waals surface area (Å²) in [4.78, 5) is 23.4. The fourth-order valence-electron chi connectivity index (χ4n) is 2.18. The number of benzene rings is 1. The molecule has 0 aromatic heterocycles. The molecule has 4 nitrogen and oxygen atoms in total. The molecule has 2 amide bonds. The Morgan fingerprint density at radius 3 is 2.37 bits per heavy atom. The zero-order chi connectivity index (χ0) is 13.8. The van der Waals surface area contributed by atoms with Crippen molar-refractivity contribution < 1.29 is 9.59 Å². The second kappa shape index (κ2) is 5.87. The van der Waals surface area contributed by atoms with Gasteiger partial charge in [-0.25, -0.2) is 0 Å². The summed E-state index contributed by atoms with van der Waals surface area (Å²) in [6, 6.07) is 5.86. The van der Waals surface area contributed by atoms with Gasteiger partial charge in [-0.2, -0.15) is 0 Å². The van der Waals surface area contributed by atoms with Crippen molar-refractivity contribution in [2.24, 2.45) is 5.92 Å². The van der Waals surface area contributed by atoms with E-state index in [1.165, 1.54) is 0 Å². The van der Waals surface area contributed by atoms with Crippen molar-refractivity contribution in [3.63, 3.8) is 0 Å². The Balaban J connectivity index is 1.85. The zero-order valence-corrected chi connectivity index (χ0v) is 11.5. The van der Waals surface area contributed by atoms with Crippen LogP contribution in [0.3, 0.4) is 0 Å². The maximum Gasteiger partial charge on any atom is 0.243 e. The van der Waals surface area contributed by atoms with Crippen molar-refractivity contribution >= 4 is 17.5 Å². The molecule has 1 aliphatic carbocycles. The van der Waals surface area contributed by atoms with E-state index in [1.807, 2.05) is 32.0 Å². The van der Waals surface area contributed by atoms with Gasteiger partial charge in [-0.05, 0) is 37.8 Å².